The molecule has 32 heavy (non-hydrogen) atoms. The monoisotopic (exact) mass is 446 g/mol. The molecule has 0 aliphatic heterocycles. The van der Waals surface area contributed by atoms with Crippen LogP contribution < -0.4 is 4.74 Å². The predicted molar refractivity (Wildman–Crippen MR) is 113 cm³/mol. The molecule has 2 aromatic heterocycles. The van der Waals surface area contributed by atoms with Gasteiger partial charge in [-0.05, 0) is 48.1 Å². The second-order valence-corrected chi connectivity index (χ2v) is 8.13. The normalized spacial score (nSPS) is 14.8. The molecule has 0 atom stereocenters. The van der Waals surface area contributed by atoms with E-state index in [0.29, 0.717) is 23.3 Å². The molecule has 1 saturated carbocycles. The summed E-state index contributed by atoms with van der Waals surface area (Å²) in [5.41, 5.74) is 1.84. The Hall–Kier alpha value is -3.03. The fraction of sp³-hybridized carbons (Fsp3) is 0.417. The van der Waals surface area contributed by atoms with Crippen LogP contribution in [-0.4, -0.2) is 22.7 Å². The minimum atomic E-state index is -4.38. The molecule has 1 aliphatic carbocycles. The lowest BCUT2D eigenvalue weighted by molar-refractivity contribution is -0.140. The highest BCUT2D eigenvalue weighted by Gasteiger charge is 2.36. The predicted octanol–water partition coefficient (Wildman–Crippen LogP) is 5.70. The van der Waals surface area contributed by atoms with Gasteiger partial charge in [-0.25, -0.2) is 4.52 Å². The van der Waals surface area contributed by atoms with Gasteiger partial charge in [-0.2, -0.15) is 18.3 Å². The van der Waals surface area contributed by atoms with Crippen LogP contribution in [0, 0.1) is 0 Å². The van der Waals surface area contributed by atoms with Gasteiger partial charge in [0.25, 0.3) is 0 Å². The molecule has 0 bridgehead atoms. The highest BCUT2D eigenvalue weighted by atomic mass is 19.4. The van der Waals surface area contributed by atoms with Crippen LogP contribution in [0.2, 0.25) is 0 Å². The van der Waals surface area contributed by atoms with Gasteiger partial charge in [-0.3, -0.25) is 4.79 Å². The standard InChI is InChI=1S/C24H25F3N2O3/c1-31-23(30)9-7-18-13-19-14-20(10-11-29(19)28-18)32-15-16-6-8-21(17-4-2-3-5-17)22(12-16)24(25,26)27/h6,8,10-14,17H,2-5,7,9,15H2,1H3. The van der Waals surface area contributed by atoms with E-state index in [1.54, 1.807) is 35.0 Å². The second kappa shape index (κ2) is 9.22. The number of benzene rings is 1. The number of ether oxygens (including phenoxy) is 2. The molecule has 0 unspecified atom stereocenters. The van der Waals surface area contributed by atoms with Crippen LogP contribution in [-0.2, 0) is 28.7 Å². The van der Waals surface area contributed by atoms with Crippen molar-refractivity contribution < 1.29 is 27.4 Å². The lowest BCUT2D eigenvalue weighted by atomic mass is 9.91. The van der Waals surface area contributed by atoms with Crippen LogP contribution in [0.25, 0.3) is 5.52 Å². The summed E-state index contributed by atoms with van der Waals surface area (Å²) >= 11 is 0. The Balaban J connectivity index is 1.47. The number of alkyl halides is 3. The van der Waals surface area contributed by atoms with E-state index < -0.39 is 11.7 Å². The summed E-state index contributed by atoms with van der Waals surface area (Å²) in [6.07, 6.45) is 1.61. The summed E-state index contributed by atoms with van der Waals surface area (Å²) in [4.78, 5) is 11.3. The first kappa shape index (κ1) is 22.2. The van der Waals surface area contributed by atoms with Crippen molar-refractivity contribution in [3.05, 3.63) is 65.0 Å². The molecule has 0 amide bonds. The van der Waals surface area contributed by atoms with Gasteiger partial charge in [0.05, 0.1) is 30.3 Å². The summed E-state index contributed by atoms with van der Waals surface area (Å²) in [6, 6.07) is 9.88. The number of hydrogen-bond donors (Lipinski definition) is 0. The zero-order chi connectivity index (χ0) is 22.7. The van der Waals surface area contributed by atoms with Crippen molar-refractivity contribution in [2.24, 2.45) is 0 Å². The Morgan fingerprint density at radius 2 is 1.94 bits per heavy atom. The third-order valence-corrected chi connectivity index (χ3v) is 5.92. The van der Waals surface area contributed by atoms with Gasteiger partial charge in [0.15, 0.2) is 0 Å². The van der Waals surface area contributed by atoms with Crippen molar-refractivity contribution in [1.82, 2.24) is 9.61 Å². The molecule has 0 spiro atoms. The fourth-order valence-corrected chi connectivity index (χ4v) is 4.27. The van der Waals surface area contributed by atoms with Crippen LogP contribution in [0.1, 0.15) is 60.4 Å². The van der Waals surface area contributed by atoms with E-state index in [2.05, 4.69) is 9.84 Å². The largest absolute Gasteiger partial charge is 0.489 e. The maximum atomic E-state index is 13.7. The van der Waals surface area contributed by atoms with Gasteiger partial charge in [-0.1, -0.05) is 25.0 Å². The van der Waals surface area contributed by atoms with Gasteiger partial charge in [0.2, 0.25) is 0 Å². The topological polar surface area (TPSA) is 52.8 Å². The molecular formula is C24H25F3N2O3. The lowest BCUT2D eigenvalue weighted by Crippen LogP contribution is -2.12. The third kappa shape index (κ3) is 5.06. The SMILES string of the molecule is COC(=O)CCc1cc2cc(OCc3ccc(C4CCCC4)c(C(F)(F)F)c3)ccn2n1. The number of pyridine rings is 1. The summed E-state index contributed by atoms with van der Waals surface area (Å²) in [5, 5.41) is 4.39. The Morgan fingerprint density at radius 1 is 1.16 bits per heavy atom. The van der Waals surface area contributed by atoms with Crippen LogP contribution in [0.3, 0.4) is 0 Å². The Morgan fingerprint density at radius 3 is 2.66 bits per heavy atom. The molecule has 5 nitrogen and oxygen atoms in total. The Labute approximate surface area is 184 Å². The van der Waals surface area contributed by atoms with Crippen LogP contribution in [0.15, 0.2) is 42.6 Å². The average molecular weight is 446 g/mol. The van der Waals surface area contributed by atoms with Gasteiger partial charge in [0, 0.05) is 18.7 Å². The van der Waals surface area contributed by atoms with E-state index in [0.717, 1.165) is 36.9 Å². The van der Waals surface area contributed by atoms with Gasteiger partial charge in [0.1, 0.15) is 12.4 Å². The number of nitrogens with zero attached hydrogens (tertiary/aromatic N) is 2. The first-order valence-corrected chi connectivity index (χ1v) is 10.7. The molecule has 1 aromatic carbocycles. The maximum Gasteiger partial charge on any atom is 0.416 e. The molecular weight excluding hydrogens is 421 g/mol. The molecule has 4 rings (SSSR count). The Bertz CT molecular complexity index is 1100. The van der Waals surface area contributed by atoms with Crippen molar-refractivity contribution in [3.63, 3.8) is 0 Å². The second-order valence-electron chi connectivity index (χ2n) is 8.13. The number of methoxy groups -OCH3 is 1. The molecule has 0 saturated heterocycles. The number of rotatable bonds is 7. The lowest BCUT2D eigenvalue weighted by Gasteiger charge is -2.19. The van der Waals surface area contributed by atoms with E-state index in [9.17, 15) is 18.0 Å². The van der Waals surface area contributed by atoms with Crippen LogP contribution >= 0.6 is 0 Å². The van der Waals surface area contributed by atoms with Crippen molar-refractivity contribution in [2.75, 3.05) is 7.11 Å². The molecule has 2 heterocycles. The summed E-state index contributed by atoms with van der Waals surface area (Å²) in [5.74, 6) is 0.216. The maximum absolute atomic E-state index is 13.7. The minimum absolute atomic E-state index is 0.0146. The number of hydrogen-bond acceptors (Lipinski definition) is 4. The van der Waals surface area contributed by atoms with Gasteiger partial charge >= 0.3 is 12.1 Å². The van der Waals surface area contributed by atoms with E-state index in [-0.39, 0.29) is 24.9 Å². The van der Waals surface area contributed by atoms with Crippen molar-refractivity contribution in [1.29, 1.82) is 0 Å². The molecule has 170 valence electrons. The van der Waals surface area contributed by atoms with Gasteiger partial charge in [-0.15, -0.1) is 0 Å². The van der Waals surface area contributed by atoms with E-state index >= 15 is 0 Å². The van der Waals surface area contributed by atoms with Crippen molar-refractivity contribution in [3.8, 4) is 5.75 Å². The summed E-state index contributed by atoms with van der Waals surface area (Å²) in [6.45, 7) is 0.0353. The number of esters is 1. The van der Waals surface area contributed by atoms with Crippen molar-refractivity contribution in [2.45, 2.75) is 57.2 Å². The van der Waals surface area contributed by atoms with Crippen LogP contribution in [0.4, 0.5) is 13.2 Å². The zero-order valence-corrected chi connectivity index (χ0v) is 17.8. The first-order valence-electron chi connectivity index (χ1n) is 10.7. The summed E-state index contributed by atoms with van der Waals surface area (Å²) in [7, 11) is 1.34. The first-order chi connectivity index (χ1) is 15.3. The number of aromatic nitrogens is 2. The van der Waals surface area contributed by atoms with E-state index in [4.69, 9.17) is 4.74 Å². The van der Waals surface area contributed by atoms with Gasteiger partial charge < -0.3 is 9.47 Å². The van der Waals surface area contributed by atoms with E-state index in [1.165, 1.54) is 13.2 Å². The third-order valence-electron chi connectivity index (χ3n) is 5.92. The highest BCUT2D eigenvalue weighted by Crippen LogP contribution is 2.42. The number of halogens is 3. The number of carbonyl (C=O) groups is 1. The molecule has 0 radical (unpaired) electrons. The number of fused-ring (bicyclic) bond motifs is 1. The minimum Gasteiger partial charge on any atom is -0.489 e. The van der Waals surface area contributed by atoms with E-state index in [1.807, 2.05) is 6.07 Å². The summed E-state index contributed by atoms with van der Waals surface area (Å²) < 4.78 is 53.1. The molecule has 1 aliphatic rings. The molecule has 3 aromatic rings. The molecule has 0 N–H and O–H groups in total. The fourth-order valence-electron chi connectivity index (χ4n) is 4.27. The highest BCUT2D eigenvalue weighted by molar-refractivity contribution is 5.69. The van der Waals surface area contributed by atoms with Crippen molar-refractivity contribution >= 4 is 11.5 Å². The smallest absolute Gasteiger partial charge is 0.416 e. The quantitative estimate of drug-likeness (QED) is 0.437. The van der Waals surface area contributed by atoms with Crippen LogP contribution in [0.5, 0.6) is 5.75 Å². The number of carbonyl (C=O) groups excluding carboxylic acids is 1. The Kier molecular flexibility index (Phi) is 6.39. The average Bonchev–Trinajstić information content (AvgIpc) is 3.44. The molecule has 1 fully saturated rings. The zero-order valence-electron chi connectivity index (χ0n) is 17.8. The number of aryl methyl sites for hydroxylation is 1. The molecule has 8 heteroatoms.